The highest BCUT2D eigenvalue weighted by Crippen LogP contribution is 2.30. The van der Waals surface area contributed by atoms with Gasteiger partial charge in [-0.2, -0.15) is 0 Å². The molecule has 104 valence electrons. The van der Waals surface area contributed by atoms with E-state index in [1.54, 1.807) is 0 Å². The molecule has 2 unspecified atom stereocenters. The fourth-order valence-corrected chi connectivity index (χ4v) is 3.01. The van der Waals surface area contributed by atoms with Crippen molar-refractivity contribution in [2.75, 3.05) is 13.1 Å². The minimum atomic E-state index is 0.119. The highest BCUT2D eigenvalue weighted by Gasteiger charge is 2.26. The fraction of sp³-hybridized carbons (Fsp3) is 0.562. The Bertz CT molecular complexity index is 431. The Balaban J connectivity index is 1.78. The second-order valence-electron chi connectivity index (χ2n) is 5.66. The fourth-order valence-electron chi connectivity index (χ4n) is 3.01. The van der Waals surface area contributed by atoms with Crippen LogP contribution in [0.3, 0.4) is 0 Å². The molecule has 1 amide bonds. The third-order valence-electron chi connectivity index (χ3n) is 4.13. The number of nitrogens with one attached hydrogen (secondary N) is 1. The number of carbonyl (C=O) groups excluding carboxylic acids is 1. The van der Waals surface area contributed by atoms with E-state index in [-0.39, 0.29) is 5.91 Å². The average molecular weight is 260 g/mol. The van der Waals surface area contributed by atoms with Crippen molar-refractivity contribution in [3.05, 3.63) is 35.4 Å². The van der Waals surface area contributed by atoms with E-state index in [2.05, 4.69) is 11.4 Å². The van der Waals surface area contributed by atoms with Crippen LogP contribution in [0, 0.1) is 18.8 Å². The van der Waals surface area contributed by atoms with Crippen molar-refractivity contribution in [3.63, 3.8) is 0 Å². The zero-order valence-electron chi connectivity index (χ0n) is 11.7. The first-order valence-electron chi connectivity index (χ1n) is 7.21. The van der Waals surface area contributed by atoms with Gasteiger partial charge in [-0.3, -0.25) is 4.79 Å². The van der Waals surface area contributed by atoms with Crippen molar-refractivity contribution < 1.29 is 4.79 Å². The van der Waals surface area contributed by atoms with Gasteiger partial charge in [0.15, 0.2) is 0 Å². The maximum Gasteiger partial charge on any atom is 0.224 e. The molecule has 1 fully saturated rings. The monoisotopic (exact) mass is 260 g/mol. The predicted octanol–water partition coefficient (Wildman–Crippen LogP) is 2.03. The summed E-state index contributed by atoms with van der Waals surface area (Å²) in [5.74, 6) is 1.29. The van der Waals surface area contributed by atoms with Gasteiger partial charge in [0.1, 0.15) is 0 Å². The lowest BCUT2D eigenvalue weighted by Crippen LogP contribution is -2.33. The van der Waals surface area contributed by atoms with Crippen molar-refractivity contribution in [2.24, 2.45) is 17.6 Å². The number of rotatable bonds is 5. The van der Waals surface area contributed by atoms with Gasteiger partial charge in [-0.15, -0.1) is 0 Å². The van der Waals surface area contributed by atoms with E-state index >= 15 is 0 Å². The lowest BCUT2D eigenvalue weighted by atomic mass is 9.96. The molecule has 0 radical (unpaired) electrons. The molecule has 3 N–H and O–H groups in total. The molecule has 1 aliphatic rings. The summed E-state index contributed by atoms with van der Waals surface area (Å²) in [6.07, 6.45) is 4.14. The quantitative estimate of drug-likeness (QED) is 0.851. The molecule has 2 atom stereocenters. The molecule has 3 nitrogen and oxygen atoms in total. The Labute approximate surface area is 115 Å². The molecular weight excluding hydrogens is 236 g/mol. The minimum Gasteiger partial charge on any atom is -0.356 e. The molecule has 0 aromatic heterocycles. The van der Waals surface area contributed by atoms with Crippen molar-refractivity contribution in [1.82, 2.24) is 5.32 Å². The van der Waals surface area contributed by atoms with Gasteiger partial charge in [-0.05, 0) is 43.7 Å². The van der Waals surface area contributed by atoms with Gasteiger partial charge in [0.05, 0.1) is 6.42 Å². The smallest absolute Gasteiger partial charge is 0.224 e. The van der Waals surface area contributed by atoms with Crippen LogP contribution in [0.25, 0.3) is 0 Å². The number of hydrogen-bond donors (Lipinski definition) is 2. The molecule has 0 bridgehead atoms. The predicted molar refractivity (Wildman–Crippen MR) is 77.8 cm³/mol. The van der Waals surface area contributed by atoms with E-state index in [4.69, 9.17) is 5.73 Å². The molecule has 0 saturated heterocycles. The first kappa shape index (κ1) is 14.1. The maximum absolute atomic E-state index is 11.9. The summed E-state index contributed by atoms with van der Waals surface area (Å²) in [5.41, 5.74) is 8.04. The minimum absolute atomic E-state index is 0.119. The van der Waals surface area contributed by atoms with Crippen LogP contribution in [-0.4, -0.2) is 19.0 Å². The third-order valence-corrected chi connectivity index (χ3v) is 4.13. The van der Waals surface area contributed by atoms with Gasteiger partial charge in [-0.25, -0.2) is 0 Å². The highest BCUT2D eigenvalue weighted by molar-refractivity contribution is 5.78. The topological polar surface area (TPSA) is 55.1 Å². The molecule has 1 aromatic carbocycles. The second kappa shape index (κ2) is 6.71. The van der Waals surface area contributed by atoms with E-state index in [1.165, 1.54) is 24.8 Å². The van der Waals surface area contributed by atoms with Gasteiger partial charge in [-0.1, -0.05) is 36.2 Å². The number of amides is 1. The number of carbonyl (C=O) groups is 1. The van der Waals surface area contributed by atoms with Gasteiger partial charge in [0.2, 0.25) is 5.91 Å². The molecule has 1 aromatic rings. The zero-order chi connectivity index (χ0) is 13.7. The average Bonchev–Trinajstić information content (AvgIpc) is 2.83. The SMILES string of the molecule is Cc1cccc(CC(=O)NCC2CCCC2CN)c1. The van der Waals surface area contributed by atoms with Crippen LogP contribution in [0.15, 0.2) is 24.3 Å². The first-order valence-corrected chi connectivity index (χ1v) is 7.21. The van der Waals surface area contributed by atoms with Crippen molar-refractivity contribution in [3.8, 4) is 0 Å². The maximum atomic E-state index is 11.9. The number of benzene rings is 1. The van der Waals surface area contributed by atoms with Gasteiger partial charge < -0.3 is 11.1 Å². The summed E-state index contributed by atoms with van der Waals surface area (Å²) >= 11 is 0. The lowest BCUT2D eigenvalue weighted by Gasteiger charge is -2.18. The van der Waals surface area contributed by atoms with Gasteiger partial charge in [0.25, 0.3) is 0 Å². The molecule has 1 aliphatic carbocycles. The largest absolute Gasteiger partial charge is 0.356 e. The Morgan fingerprint density at radius 2 is 2.16 bits per heavy atom. The Hall–Kier alpha value is -1.35. The molecule has 1 saturated carbocycles. The van der Waals surface area contributed by atoms with E-state index in [1.807, 2.05) is 25.1 Å². The summed E-state index contributed by atoms with van der Waals surface area (Å²) in [5, 5.41) is 3.06. The third kappa shape index (κ3) is 4.06. The lowest BCUT2D eigenvalue weighted by molar-refractivity contribution is -0.120. The number of aryl methyl sites for hydroxylation is 1. The molecule has 19 heavy (non-hydrogen) atoms. The standard InChI is InChI=1S/C16H24N2O/c1-12-4-2-5-13(8-12)9-16(19)18-11-15-7-3-6-14(15)10-17/h2,4-5,8,14-15H,3,6-7,9-11,17H2,1H3,(H,18,19). The Morgan fingerprint density at radius 3 is 2.89 bits per heavy atom. The molecular formula is C16H24N2O. The molecule has 0 heterocycles. The van der Waals surface area contributed by atoms with Crippen molar-refractivity contribution in [1.29, 1.82) is 0 Å². The van der Waals surface area contributed by atoms with Crippen LogP contribution in [0.2, 0.25) is 0 Å². The van der Waals surface area contributed by atoms with Crippen LogP contribution in [0.1, 0.15) is 30.4 Å². The van der Waals surface area contributed by atoms with E-state index in [0.717, 1.165) is 18.7 Å². The Kier molecular flexibility index (Phi) is 4.97. The van der Waals surface area contributed by atoms with Crippen LogP contribution >= 0.6 is 0 Å². The summed E-state index contributed by atoms with van der Waals surface area (Å²) in [4.78, 5) is 11.9. The van der Waals surface area contributed by atoms with E-state index < -0.39 is 0 Å². The summed E-state index contributed by atoms with van der Waals surface area (Å²) in [7, 11) is 0. The van der Waals surface area contributed by atoms with Gasteiger partial charge in [0, 0.05) is 6.54 Å². The van der Waals surface area contributed by atoms with E-state index in [9.17, 15) is 4.79 Å². The molecule has 0 spiro atoms. The normalized spacial score (nSPS) is 22.4. The molecule has 3 heteroatoms. The van der Waals surface area contributed by atoms with Crippen molar-refractivity contribution >= 4 is 5.91 Å². The van der Waals surface area contributed by atoms with E-state index in [0.29, 0.717) is 18.3 Å². The Morgan fingerprint density at radius 1 is 1.37 bits per heavy atom. The second-order valence-corrected chi connectivity index (χ2v) is 5.66. The van der Waals surface area contributed by atoms with Crippen LogP contribution in [0.5, 0.6) is 0 Å². The highest BCUT2D eigenvalue weighted by atomic mass is 16.1. The van der Waals surface area contributed by atoms with Gasteiger partial charge >= 0.3 is 0 Å². The van der Waals surface area contributed by atoms with Crippen LogP contribution in [0.4, 0.5) is 0 Å². The van der Waals surface area contributed by atoms with Crippen LogP contribution in [-0.2, 0) is 11.2 Å². The molecule has 0 aliphatic heterocycles. The first-order chi connectivity index (χ1) is 9.19. The zero-order valence-corrected chi connectivity index (χ0v) is 11.7. The summed E-state index contributed by atoms with van der Waals surface area (Å²) in [6, 6.07) is 8.12. The van der Waals surface area contributed by atoms with Crippen LogP contribution < -0.4 is 11.1 Å². The summed E-state index contributed by atoms with van der Waals surface area (Å²) in [6.45, 7) is 3.58. The van der Waals surface area contributed by atoms with Crippen molar-refractivity contribution in [2.45, 2.75) is 32.6 Å². The number of hydrogen-bond acceptors (Lipinski definition) is 2. The molecule has 2 rings (SSSR count). The number of nitrogens with two attached hydrogens (primary N) is 1. The summed E-state index contributed by atoms with van der Waals surface area (Å²) < 4.78 is 0.